The molecule has 0 radical (unpaired) electrons. The first-order valence-electron chi connectivity index (χ1n) is 7.78. The lowest BCUT2D eigenvalue weighted by Gasteiger charge is -2.11. The van der Waals surface area contributed by atoms with Gasteiger partial charge in [0.15, 0.2) is 6.61 Å². The van der Waals surface area contributed by atoms with Crippen molar-refractivity contribution in [3.05, 3.63) is 65.5 Å². The number of rotatable bonds is 4. The molecule has 0 unspecified atom stereocenters. The van der Waals surface area contributed by atoms with E-state index < -0.39 is 5.97 Å². The lowest BCUT2D eigenvalue weighted by molar-refractivity contribution is -0.119. The van der Waals surface area contributed by atoms with Crippen LogP contribution in [0.15, 0.2) is 48.8 Å². The summed E-state index contributed by atoms with van der Waals surface area (Å²) in [7, 11) is 0. The minimum atomic E-state index is -0.579. The van der Waals surface area contributed by atoms with Crippen molar-refractivity contribution < 1.29 is 14.3 Å². The van der Waals surface area contributed by atoms with Crippen LogP contribution in [0.5, 0.6) is 0 Å². The molecule has 0 atom stereocenters. The molecule has 3 aromatic rings. The Hall–Kier alpha value is -3.28. The number of carbonyl (C=O) groups is 2. The van der Waals surface area contributed by atoms with Gasteiger partial charge in [-0.2, -0.15) is 0 Å². The number of esters is 1. The molecule has 1 N–H and O–H groups in total. The Morgan fingerprint density at radius 3 is 2.40 bits per heavy atom. The summed E-state index contributed by atoms with van der Waals surface area (Å²) < 4.78 is 5.09. The summed E-state index contributed by atoms with van der Waals surface area (Å²) in [5, 5.41) is 2.78. The van der Waals surface area contributed by atoms with E-state index in [1.54, 1.807) is 30.6 Å². The van der Waals surface area contributed by atoms with Gasteiger partial charge in [-0.25, -0.2) is 4.79 Å². The van der Waals surface area contributed by atoms with E-state index in [2.05, 4.69) is 15.3 Å². The second-order valence-electron chi connectivity index (χ2n) is 5.65. The van der Waals surface area contributed by atoms with Crippen LogP contribution in [-0.2, 0) is 9.53 Å². The molecule has 1 aromatic heterocycles. The van der Waals surface area contributed by atoms with E-state index in [1.165, 1.54) is 0 Å². The number of fused-ring (bicyclic) bond motifs is 1. The topological polar surface area (TPSA) is 81.2 Å². The monoisotopic (exact) mass is 335 g/mol. The average molecular weight is 335 g/mol. The van der Waals surface area contributed by atoms with Crippen LogP contribution in [-0.4, -0.2) is 28.5 Å². The third-order valence-electron chi connectivity index (χ3n) is 3.78. The zero-order chi connectivity index (χ0) is 17.8. The van der Waals surface area contributed by atoms with Gasteiger partial charge in [0.2, 0.25) is 0 Å². The Balaban J connectivity index is 1.64. The van der Waals surface area contributed by atoms with Crippen molar-refractivity contribution in [1.29, 1.82) is 0 Å². The van der Waals surface area contributed by atoms with Crippen molar-refractivity contribution in [2.24, 2.45) is 0 Å². The highest BCUT2D eigenvalue weighted by Gasteiger charge is 2.13. The van der Waals surface area contributed by atoms with Gasteiger partial charge in [0.25, 0.3) is 5.91 Å². The minimum Gasteiger partial charge on any atom is -0.452 e. The van der Waals surface area contributed by atoms with Gasteiger partial charge in [-0.15, -0.1) is 0 Å². The second kappa shape index (κ2) is 7.09. The number of hydrogen-bond donors (Lipinski definition) is 1. The predicted molar refractivity (Wildman–Crippen MR) is 94.4 cm³/mol. The summed E-state index contributed by atoms with van der Waals surface area (Å²) in [6.45, 7) is 3.46. The third kappa shape index (κ3) is 3.80. The van der Waals surface area contributed by atoms with Crippen molar-refractivity contribution in [3.63, 3.8) is 0 Å². The standard InChI is InChI=1S/C19H17N3O3/c1-12-4-3-5-13(2)18(12)22-17(23)11-25-19(24)14-6-7-15-16(10-14)21-9-8-20-15/h3-10H,11H2,1-2H3,(H,22,23). The van der Waals surface area contributed by atoms with Crippen LogP contribution in [0.25, 0.3) is 11.0 Å². The first-order valence-corrected chi connectivity index (χ1v) is 7.78. The van der Waals surface area contributed by atoms with Crippen LogP contribution in [0, 0.1) is 13.8 Å². The van der Waals surface area contributed by atoms with Crippen molar-refractivity contribution in [2.75, 3.05) is 11.9 Å². The summed E-state index contributed by atoms with van der Waals surface area (Å²) in [4.78, 5) is 32.5. The third-order valence-corrected chi connectivity index (χ3v) is 3.78. The van der Waals surface area contributed by atoms with E-state index in [-0.39, 0.29) is 12.5 Å². The molecule has 6 heteroatoms. The number of ether oxygens (including phenoxy) is 1. The molecule has 0 aliphatic rings. The van der Waals surface area contributed by atoms with Crippen LogP contribution in [0.1, 0.15) is 21.5 Å². The molecule has 2 aromatic carbocycles. The highest BCUT2D eigenvalue weighted by Crippen LogP contribution is 2.19. The molecule has 0 fully saturated rings. The first-order chi connectivity index (χ1) is 12.0. The summed E-state index contributed by atoms with van der Waals surface area (Å²) in [6.07, 6.45) is 3.13. The second-order valence-corrected chi connectivity index (χ2v) is 5.65. The fraction of sp³-hybridized carbons (Fsp3) is 0.158. The molecule has 1 heterocycles. The van der Waals surface area contributed by atoms with E-state index in [1.807, 2.05) is 32.0 Å². The fourth-order valence-corrected chi connectivity index (χ4v) is 2.49. The van der Waals surface area contributed by atoms with Crippen LogP contribution in [0.2, 0.25) is 0 Å². The Labute approximate surface area is 144 Å². The van der Waals surface area contributed by atoms with Crippen LogP contribution in [0.4, 0.5) is 5.69 Å². The molecular formula is C19H17N3O3. The van der Waals surface area contributed by atoms with Gasteiger partial charge in [-0.05, 0) is 43.2 Å². The van der Waals surface area contributed by atoms with Crippen molar-refractivity contribution in [1.82, 2.24) is 9.97 Å². The molecule has 0 saturated carbocycles. The number of aryl methyl sites for hydroxylation is 2. The lowest BCUT2D eigenvalue weighted by atomic mass is 10.1. The molecule has 3 rings (SSSR count). The van der Waals surface area contributed by atoms with Gasteiger partial charge in [0, 0.05) is 18.1 Å². The van der Waals surface area contributed by atoms with Gasteiger partial charge in [-0.1, -0.05) is 18.2 Å². The largest absolute Gasteiger partial charge is 0.452 e. The number of benzene rings is 2. The maximum Gasteiger partial charge on any atom is 0.338 e. The first kappa shape index (κ1) is 16.6. The summed E-state index contributed by atoms with van der Waals surface area (Å²) in [6, 6.07) is 10.6. The quantitative estimate of drug-likeness (QED) is 0.741. The molecule has 0 aliphatic carbocycles. The molecule has 126 valence electrons. The smallest absolute Gasteiger partial charge is 0.338 e. The molecule has 0 spiro atoms. The Bertz CT molecular complexity index is 933. The number of hydrogen-bond acceptors (Lipinski definition) is 5. The normalized spacial score (nSPS) is 10.5. The van der Waals surface area contributed by atoms with E-state index in [0.29, 0.717) is 16.6 Å². The minimum absolute atomic E-state index is 0.327. The number of amides is 1. The Kier molecular flexibility index (Phi) is 4.70. The molecular weight excluding hydrogens is 318 g/mol. The van der Waals surface area contributed by atoms with E-state index in [4.69, 9.17) is 4.74 Å². The molecule has 1 amide bonds. The van der Waals surface area contributed by atoms with E-state index in [0.717, 1.165) is 16.8 Å². The lowest BCUT2D eigenvalue weighted by Crippen LogP contribution is -2.21. The number of nitrogens with zero attached hydrogens (tertiary/aromatic N) is 2. The van der Waals surface area contributed by atoms with E-state index >= 15 is 0 Å². The summed E-state index contributed by atoms with van der Waals surface area (Å²) in [5.74, 6) is -0.962. The average Bonchev–Trinajstić information content (AvgIpc) is 2.62. The Morgan fingerprint density at radius 1 is 1.00 bits per heavy atom. The van der Waals surface area contributed by atoms with Crippen LogP contribution in [0.3, 0.4) is 0 Å². The molecule has 0 saturated heterocycles. The molecule has 0 bridgehead atoms. The van der Waals surface area contributed by atoms with Gasteiger partial charge in [-0.3, -0.25) is 14.8 Å². The van der Waals surface area contributed by atoms with Crippen molar-refractivity contribution in [3.8, 4) is 0 Å². The van der Waals surface area contributed by atoms with Crippen molar-refractivity contribution in [2.45, 2.75) is 13.8 Å². The van der Waals surface area contributed by atoms with Crippen LogP contribution < -0.4 is 5.32 Å². The molecule has 6 nitrogen and oxygen atoms in total. The van der Waals surface area contributed by atoms with Gasteiger partial charge in [0.05, 0.1) is 16.6 Å². The zero-order valence-corrected chi connectivity index (χ0v) is 13.9. The molecule has 25 heavy (non-hydrogen) atoms. The van der Waals surface area contributed by atoms with Crippen molar-refractivity contribution >= 4 is 28.6 Å². The van der Waals surface area contributed by atoms with Crippen LogP contribution >= 0.6 is 0 Å². The maximum atomic E-state index is 12.1. The maximum absolute atomic E-state index is 12.1. The predicted octanol–water partition coefficient (Wildman–Crippen LogP) is 3.04. The highest BCUT2D eigenvalue weighted by atomic mass is 16.5. The van der Waals surface area contributed by atoms with Gasteiger partial charge in [0.1, 0.15) is 0 Å². The number of carbonyl (C=O) groups excluding carboxylic acids is 2. The van der Waals surface area contributed by atoms with E-state index in [9.17, 15) is 9.59 Å². The zero-order valence-electron chi connectivity index (χ0n) is 13.9. The van der Waals surface area contributed by atoms with Gasteiger partial charge < -0.3 is 10.1 Å². The summed E-state index contributed by atoms with van der Waals surface area (Å²) >= 11 is 0. The SMILES string of the molecule is Cc1cccc(C)c1NC(=O)COC(=O)c1ccc2nccnc2c1. The Morgan fingerprint density at radius 2 is 1.68 bits per heavy atom. The highest BCUT2D eigenvalue weighted by molar-refractivity contribution is 5.97. The number of anilines is 1. The molecule has 0 aliphatic heterocycles. The number of nitrogens with one attached hydrogen (secondary N) is 1. The number of aromatic nitrogens is 2. The fourth-order valence-electron chi connectivity index (χ4n) is 2.49. The van der Waals surface area contributed by atoms with Gasteiger partial charge >= 0.3 is 5.97 Å². The number of para-hydroxylation sites is 1. The summed E-state index contributed by atoms with van der Waals surface area (Å²) in [5.41, 5.74) is 4.25.